The van der Waals surface area contributed by atoms with Crippen LogP contribution in [0, 0.1) is 17.0 Å². The standard InChI is InChI=1S/C6H9N3O3.C5H9N3/c1-8-6(4-12-2)5(3-7-8)9(10)11;1-4-5(6)3-7-8(4)2/h3H,4H2,1-2H3;3H,6H2,1-2H3. The van der Waals surface area contributed by atoms with Gasteiger partial charge in [0.25, 0.3) is 0 Å². The van der Waals surface area contributed by atoms with E-state index in [4.69, 9.17) is 10.5 Å². The highest BCUT2D eigenvalue weighted by Gasteiger charge is 2.17. The van der Waals surface area contributed by atoms with E-state index in [-0.39, 0.29) is 12.3 Å². The predicted molar refractivity (Wildman–Crippen MR) is 72.9 cm³/mol. The number of aryl methyl sites for hydroxylation is 2. The number of anilines is 1. The lowest BCUT2D eigenvalue weighted by Gasteiger charge is -1.98. The van der Waals surface area contributed by atoms with Crippen LogP contribution in [0.5, 0.6) is 0 Å². The van der Waals surface area contributed by atoms with Crippen molar-refractivity contribution in [2.45, 2.75) is 13.5 Å². The summed E-state index contributed by atoms with van der Waals surface area (Å²) in [6.45, 7) is 2.13. The van der Waals surface area contributed by atoms with Crippen LogP contribution in [0.15, 0.2) is 12.4 Å². The molecule has 2 heterocycles. The van der Waals surface area contributed by atoms with Gasteiger partial charge in [-0.05, 0) is 6.92 Å². The van der Waals surface area contributed by atoms with Crippen molar-refractivity contribution >= 4 is 11.4 Å². The summed E-state index contributed by atoms with van der Waals surface area (Å²) in [6, 6.07) is 0. The molecule has 20 heavy (non-hydrogen) atoms. The van der Waals surface area contributed by atoms with E-state index in [1.165, 1.54) is 18.0 Å². The van der Waals surface area contributed by atoms with Gasteiger partial charge >= 0.3 is 5.69 Å². The molecule has 0 bridgehead atoms. The summed E-state index contributed by atoms with van der Waals surface area (Å²) in [4.78, 5) is 9.94. The van der Waals surface area contributed by atoms with Crippen LogP contribution in [0.25, 0.3) is 0 Å². The summed E-state index contributed by atoms with van der Waals surface area (Å²) in [6.07, 6.45) is 2.86. The lowest BCUT2D eigenvalue weighted by atomic mass is 10.4. The molecule has 110 valence electrons. The van der Waals surface area contributed by atoms with Gasteiger partial charge in [0.15, 0.2) is 0 Å². The first-order valence-electron chi connectivity index (χ1n) is 5.76. The van der Waals surface area contributed by atoms with Crippen LogP contribution in [0.3, 0.4) is 0 Å². The Morgan fingerprint density at radius 1 is 1.35 bits per heavy atom. The van der Waals surface area contributed by atoms with Gasteiger partial charge in [0.05, 0.1) is 29.1 Å². The zero-order chi connectivity index (χ0) is 15.3. The van der Waals surface area contributed by atoms with Gasteiger partial charge in [-0.15, -0.1) is 0 Å². The SMILES string of the molecule is COCc1c([N+](=O)[O-])cnn1C.Cc1c(N)cnn1C. The third-order valence-corrected chi connectivity index (χ3v) is 2.79. The van der Waals surface area contributed by atoms with Gasteiger partial charge in [0.2, 0.25) is 0 Å². The molecule has 9 nitrogen and oxygen atoms in total. The quantitative estimate of drug-likeness (QED) is 0.657. The van der Waals surface area contributed by atoms with Gasteiger partial charge < -0.3 is 10.5 Å². The highest BCUT2D eigenvalue weighted by molar-refractivity contribution is 5.39. The molecule has 0 amide bonds. The zero-order valence-corrected chi connectivity index (χ0v) is 11.9. The van der Waals surface area contributed by atoms with Crippen molar-refractivity contribution in [1.29, 1.82) is 0 Å². The molecular weight excluding hydrogens is 264 g/mol. The van der Waals surface area contributed by atoms with E-state index in [0.29, 0.717) is 5.69 Å². The number of nitrogens with zero attached hydrogens (tertiary/aromatic N) is 5. The molecule has 0 saturated heterocycles. The number of rotatable bonds is 3. The minimum absolute atomic E-state index is 0.000602. The zero-order valence-electron chi connectivity index (χ0n) is 11.9. The fraction of sp³-hybridized carbons (Fsp3) is 0.455. The van der Waals surface area contributed by atoms with Crippen molar-refractivity contribution < 1.29 is 9.66 Å². The number of nitro groups is 1. The number of nitrogen functional groups attached to an aromatic ring is 1. The van der Waals surface area contributed by atoms with Crippen LogP contribution >= 0.6 is 0 Å². The second-order valence-electron chi connectivity index (χ2n) is 4.10. The lowest BCUT2D eigenvalue weighted by Crippen LogP contribution is -2.01. The molecule has 0 atom stereocenters. The van der Waals surface area contributed by atoms with Crippen molar-refractivity contribution in [2.24, 2.45) is 14.1 Å². The molecule has 2 rings (SSSR count). The summed E-state index contributed by atoms with van der Waals surface area (Å²) >= 11 is 0. The Labute approximate surface area is 116 Å². The Hall–Kier alpha value is -2.42. The second kappa shape index (κ2) is 6.66. The number of methoxy groups -OCH3 is 1. The first-order chi connectivity index (χ1) is 9.38. The van der Waals surface area contributed by atoms with E-state index in [0.717, 1.165) is 11.4 Å². The van der Waals surface area contributed by atoms with Gasteiger partial charge in [-0.3, -0.25) is 19.5 Å². The maximum Gasteiger partial charge on any atom is 0.312 e. The van der Waals surface area contributed by atoms with Crippen molar-refractivity contribution in [1.82, 2.24) is 19.6 Å². The number of nitrogens with two attached hydrogens (primary N) is 1. The topological polar surface area (TPSA) is 114 Å². The normalized spacial score (nSPS) is 10.0. The first-order valence-corrected chi connectivity index (χ1v) is 5.76. The van der Waals surface area contributed by atoms with Gasteiger partial charge in [0.1, 0.15) is 11.9 Å². The van der Waals surface area contributed by atoms with Gasteiger partial charge in [-0.25, -0.2) is 0 Å². The molecular formula is C11H18N6O3. The predicted octanol–water partition coefficient (Wildman–Crippen LogP) is 0.785. The fourth-order valence-electron chi connectivity index (χ4n) is 1.42. The molecule has 0 fully saturated rings. The largest absolute Gasteiger partial charge is 0.396 e. The van der Waals surface area contributed by atoms with Crippen LogP contribution in [0.2, 0.25) is 0 Å². The molecule has 2 aromatic heterocycles. The number of hydrogen-bond acceptors (Lipinski definition) is 6. The Kier molecular flexibility index (Phi) is 5.21. The Bertz CT molecular complexity index is 569. The molecule has 0 aromatic carbocycles. The van der Waals surface area contributed by atoms with Crippen LogP contribution in [0.1, 0.15) is 11.4 Å². The van der Waals surface area contributed by atoms with E-state index >= 15 is 0 Å². The van der Waals surface area contributed by atoms with Crippen molar-refractivity contribution in [3.8, 4) is 0 Å². The highest BCUT2D eigenvalue weighted by Crippen LogP contribution is 2.16. The number of ether oxygens (including phenoxy) is 1. The Morgan fingerprint density at radius 3 is 2.30 bits per heavy atom. The van der Waals surface area contributed by atoms with E-state index in [1.807, 2.05) is 14.0 Å². The molecule has 0 aliphatic carbocycles. The summed E-state index contributed by atoms with van der Waals surface area (Å²) in [7, 11) is 4.99. The maximum absolute atomic E-state index is 10.4. The third kappa shape index (κ3) is 3.54. The molecule has 0 spiro atoms. The van der Waals surface area contributed by atoms with Crippen LogP contribution in [-0.4, -0.2) is 31.6 Å². The van der Waals surface area contributed by atoms with Gasteiger partial charge in [0, 0.05) is 21.2 Å². The molecule has 9 heteroatoms. The lowest BCUT2D eigenvalue weighted by molar-refractivity contribution is -0.386. The average molecular weight is 282 g/mol. The fourth-order valence-corrected chi connectivity index (χ4v) is 1.42. The molecule has 0 unspecified atom stereocenters. The van der Waals surface area contributed by atoms with Crippen LogP contribution in [-0.2, 0) is 25.4 Å². The summed E-state index contributed by atoms with van der Waals surface area (Å²) in [5, 5.41) is 18.1. The molecule has 2 N–H and O–H groups in total. The van der Waals surface area contributed by atoms with E-state index in [2.05, 4.69) is 10.2 Å². The summed E-state index contributed by atoms with van der Waals surface area (Å²) < 4.78 is 7.97. The van der Waals surface area contributed by atoms with E-state index < -0.39 is 4.92 Å². The summed E-state index contributed by atoms with van der Waals surface area (Å²) in [5.41, 5.74) is 7.71. The van der Waals surface area contributed by atoms with Crippen molar-refractivity contribution in [3.05, 3.63) is 33.9 Å². The van der Waals surface area contributed by atoms with Gasteiger partial charge in [-0.2, -0.15) is 10.2 Å². The average Bonchev–Trinajstić information content (AvgIpc) is 2.90. The minimum atomic E-state index is -0.471. The van der Waals surface area contributed by atoms with E-state index in [9.17, 15) is 10.1 Å². The smallest absolute Gasteiger partial charge is 0.312 e. The van der Waals surface area contributed by atoms with E-state index in [1.54, 1.807) is 17.9 Å². The summed E-state index contributed by atoms with van der Waals surface area (Å²) in [5.74, 6) is 0. The number of hydrogen-bond donors (Lipinski definition) is 1. The molecule has 0 radical (unpaired) electrons. The van der Waals surface area contributed by atoms with Gasteiger partial charge in [-0.1, -0.05) is 0 Å². The molecule has 2 aromatic rings. The van der Waals surface area contributed by atoms with Crippen molar-refractivity contribution in [2.75, 3.05) is 12.8 Å². The second-order valence-corrected chi connectivity index (χ2v) is 4.10. The molecule has 0 saturated carbocycles. The first kappa shape index (κ1) is 15.6. The monoisotopic (exact) mass is 282 g/mol. The van der Waals surface area contributed by atoms with Crippen molar-refractivity contribution in [3.63, 3.8) is 0 Å². The molecule has 0 aliphatic heterocycles. The Balaban J connectivity index is 0.000000217. The van der Waals surface area contributed by atoms with Crippen LogP contribution in [0.4, 0.5) is 11.4 Å². The highest BCUT2D eigenvalue weighted by atomic mass is 16.6. The Morgan fingerprint density at radius 2 is 1.95 bits per heavy atom. The third-order valence-electron chi connectivity index (χ3n) is 2.79. The molecule has 0 aliphatic rings. The van der Waals surface area contributed by atoms with Crippen LogP contribution < -0.4 is 5.73 Å². The number of aromatic nitrogens is 4. The minimum Gasteiger partial charge on any atom is -0.396 e. The maximum atomic E-state index is 10.4.